The van der Waals surface area contributed by atoms with E-state index in [1.807, 2.05) is 17.0 Å². The highest BCUT2D eigenvalue weighted by Gasteiger charge is 2.34. The maximum absolute atomic E-state index is 12.4. The van der Waals surface area contributed by atoms with Crippen LogP contribution in [0.2, 0.25) is 5.02 Å². The minimum atomic E-state index is 0.0752. The second-order valence-corrected chi connectivity index (χ2v) is 6.25. The van der Waals surface area contributed by atoms with Crippen LogP contribution in [0, 0.1) is 0 Å². The molecule has 4 nitrogen and oxygen atoms in total. The summed E-state index contributed by atoms with van der Waals surface area (Å²) in [4.78, 5) is 14.4. The van der Waals surface area contributed by atoms with Gasteiger partial charge in [-0.15, -0.1) is 0 Å². The predicted molar refractivity (Wildman–Crippen MR) is 82.7 cm³/mol. The van der Waals surface area contributed by atoms with Gasteiger partial charge in [0.1, 0.15) is 5.75 Å². The van der Waals surface area contributed by atoms with Crippen LogP contribution in [0.3, 0.4) is 0 Å². The first-order valence-electron chi connectivity index (χ1n) is 7.63. The van der Waals surface area contributed by atoms with E-state index < -0.39 is 0 Å². The number of hydrogen-bond acceptors (Lipinski definition) is 3. The highest BCUT2D eigenvalue weighted by molar-refractivity contribution is 6.30. The Morgan fingerprint density at radius 2 is 2.24 bits per heavy atom. The number of rotatable bonds is 6. The molecule has 1 saturated heterocycles. The lowest BCUT2D eigenvalue weighted by Crippen LogP contribution is -2.44. The molecule has 1 saturated carbocycles. The molecule has 0 radical (unpaired) electrons. The Bertz CT molecular complexity index is 499. The fourth-order valence-corrected chi connectivity index (χ4v) is 2.96. The van der Waals surface area contributed by atoms with E-state index in [-0.39, 0.29) is 12.5 Å². The molecule has 1 aliphatic heterocycles. The van der Waals surface area contributed by atoms with Gasteiger partial charge in [0.05, 0.1) is 0 Å². The summed E-state index contributed by atoms with van der Waals surface area (Å²) in [6.45, 7) is 1.96. The number of halogens is 1. The van der Waals surface area contributed by atoms with Crippen molar-refractivity contribution in [2.75, 3.05) is 19.7 Å². The number of carbonyl (C=O) groups is 1. The Labute approximate surface area is 130 Å². The summed E-state index contributed by atoms with van der Waals surface area (Å²) in [5, 5.41) is 4.07. The minimum absolute atomic E-state index is 0.0752. The summed E-state index contributed by atoms with van der Waals surface area (Å²) in [6.07, 6.45) is 4.60. The lowest BCUT2D eigenvalue weighted by atomic mass is 10.2. The molecule has 2 fully saturated rings. The number of nitrogens with zero attached hydrogens (tertiary/aromatic N) is 1. The molecule has 0 bridgehead atoms. The van der Waals surface area contributed by atoms with Gasteiger partial charge in [0.15, 0.2) is 6.61 Å². The molecule has 1 aromatic rings. The first kappa shape index (κ1) is 14.7. The largest absolute Gasteiger partial charge is 0.484 e. The van der Waals surface area contributed by atoms with Gasteiger partial charge in [-0.1, -0.05) is 17.7 Å². The third-order valence-corrected chi connectivity index (χ3v) is 4.28. The number of carbonyl (C=O) groups excluding carboxylic acids is 1. The molecule has 5 heteroatoms. The molecular formula is C16H21ClN2O2. The van der Waals surface area contributed by atoms with Crippen LogP contribution in [0.15, 0.2) is 24.3 Å². The van der Waals surface area contributed by atoms with E-state index in [4.69, 9.17) is 16.3 Å². The van der Waals surface area contributed by atoms with Crippen molar-refractivity contribution < 1.29 is 9.53 Å². The highest BCUT2D eigenvalue weighted by atomic mass is 35.5. The molecule has 2 aliphatic rings. The van der Waals surface area contributed by atoms with E-state index in [9.17, 15) is 4.79 Å². The fraction of sp³-hybridized carbons (Fsp3) is 0.562. The van der Waals surface area contributed by atoms with Crippen molar-refractivity contribution in [2.45, 2.75) is 37.8 Å². The average molecular weight is 309 g/mol. The van der Waals surface area contributed by atoms with E-state index in [0.29, 0.717) is 22.9 Å². The second-order valence-electron chi connectivity index (χ2n) is 5.82. The third kappa shape index (κ3) is 4.11. The lowest BCUT2D eigenvalue weighted by molar-refractivity contribution is -0.134. The van der Waals surface area contributed by atoms with Gasteiger partial charge >= 0.3 is 0 Å². The van der Waals surface area contributed by atoms with Crippen LogP contribution in [0.1, 0.15) is 25.7 Å². The maximum Gasteiger partial charge on any atom is 0.260 e. The van der Waals surface area contributed by atoms with Crippen molar-refractivity contribution in [3.05, 3.63) is 29.3 Å². The number of amides is 1. The van der Waals surface area contributed by atoms with Crippen LogP contribution >= 0.6 is 11.6 Å². The van der Waals surface area contributed by atoms with E-state index in [0.717, 1.165) is 32.4 Å². The summed E-state index contributed by atoms with van der Waals surface area (Å²) in [5.41, 5.74) is 0. The SMILES string of the molecule is O=C(COc1cccc(Cl)c1)N(CC1CCCN1)C1CC1. The molecule has 3 rings (SSSR count). The fourth-order valence-electron chi connectivity index (χ4n) is 2.78. The standard InChI is InChI=1S/C16H21ClN2O2/c17-12-3-1-5-15(9-12)21-11-16(20)19(14-6-7-14)10-13-4-2-8-18-13/h1,3,5,9,13-14,18H,2,4,6-8,10-11H2. The Hall–Kier alpha value is -1.26. The van der Waals surface area contributed by atoms with Crippen LogP contribution in [0.25, 0.3) is 0 Å². The Morgan fingerprint density at radius 3 is 2.90 bits per heavy atom. The number of ether oxygens (including phenoxy) is 1. The zero-order valence-corrected chi connectivity index (χ0v) is 12.8. The van der Waals surface area contributed by atoms with Crippen molar-refractivity contribution in [1.82, 2.24) is 10.2 Å². The second kappa shape index (κ2) is 6.67. The van der Waals surface area contributed by atoms with Crippen LogP contribution in [-0.4, -0.2) is 42.6 Å². The number of nitrogens with one attached hydrogen (secondary N) is 1. The van der Waals surface area contributed by atoms with E-state index in [1.54, 1.807) is 12.1 Å². The first-order valence-corrected chi connectivity index (χ1v) is 8.01. The molecular weight excluding hydrogens is 288 g/mol. The van der Waals surface area contributed by atoms with Crippen molar-refractivity contribution in [1.29, 1.82) is 0 Å². The average Bonchev–Trinajstić information content (AvgIpc) is 3.19. The van der Waals surface area contributed by atoms with Gasteiger partial charge in [0.25, 0.3) is 5.91 Å². The van der Waals surface area contributed by atoms with Gasteiger partial charge in [-0.25, -0.2) is 0 Å². The lowest BCUT2D eigenvalue weighted by Gasteiger charge is -2.25. The van der Waals surface area contributed by atoms with Gasteiger partial charge in [-0.3, -0.25) is 4.79 Å². The van der Waals surface area contributed by atoms with Crippen LogP contribution in [-0.2, 0) is 4.79 Å². The molecule has 21 heavy (non-hydrogen) atoms. The molecule has 1 amide bonds. The van der Waals surface area contributed by atoms with E-state index in [2.05, 4.69) is 5.32 Å². The van der Waals surface area contributed by atoms with E-state index >= 15 is 0 Å². The quantitative estimate of drug-likeness (QED) is 0.878. The molecule has 114 valence electrons. The van der Waals surface area contributed by atoms with Gasteiger partial charge in [-0.2, -0.15) is 0 Å². The van der Waals surface area contributed by atoms with Crippen LogP contribution in [0.5, 0.6) is 5.75 Å². The highest BCUT2D eigenvalue weighted by Crippen LogP contribution is 2.28. The summed E-state index contributed by atoms with van der Waals surface area (Å²) in [5.74, 6) is 0.719. The molecule has 0 spiro atoms. The number of benzene rings is 1. The summed E-state index contributed by atoms with van der Waals surface area (Å²) < 4.78 is 5.58. The third-order valence-electron chi connectivity index (χ3n) is 4.05. The summed E-state index contributed by atoms with van der Waals surface area (Å²) in [7, 11) is 0. The van der Waals surface area contributed by atoms with Crippen molar-refractivity contribution in [2.24, 2.45) is 0 Å². The summed E-state index contributed by atoms with van der Waals surface area (Å²) >= 11 is 5.91. The molecule has 1 aromatic carbocycles. The zero-order valence-electron chi connectivity index (χ0n) is 12.1. The summed E-state index contributed by atoms with van der Waals surface area (Å²) in [6, 6.07) is 8.03. The molecule has 1 N–H and O–H groups in total. The molecule has 1 atom stereocenters. The topological polar surface area (TPSA) is 41.6 Å². The monoisotopic (exact) mass is 308 g/mol. The van der Waals surface area contributed by atoms with Gasteiger partial charge in [-0.05, 0) is 50.4 Å². The van der Waals surface area contributed by atoms with E-state index in [1.165, 1.54) is 6.42 Å². The minimum Gasteiger partial charge on any atom is -0.484 e. The van der Waals surface area contributed by atoms with Crippen LogP contribution < -0.4 is 10.1 Å². The Kier molecular flexibility index (Phi) is 4.66. The van der Waals surface area contributed by atoms with Crippen LogP contribution in [0.4, 0.5) is 0 Å². The zero-order chi connectivity index (χ0) is 14.7. The predicted octanol–water partition coefficient (Wildman–Crippen LogP) is 2.46. The smallest absolute Gasteiger partial charge is 0.260 e. The van der Waals surface area contributed by atoms with Crippen molar-refractivity contribution in [3.8, 4) is 5.75 Å². The molecule has 0 aromatic heterocycles. The van der Waals surface area contributed by atoms with Gasteiger partial charge < -0.3 is 15.0 Å². The Morgan fingerprint density at radius 1 is 1.38 bits per heavy atom. The molecule has 1 aliphatic carbocycles. The molecule has 1 unspecified atom stereocenters. The first-order chi connectivity index (χ1) is 10.2. The Balaban J connectivity index is 1.54. The van der Waals surface area contributed by atoms with Gasteiger partial charge in [0, 0.05) is 23.7 Å². The van der Waals surface area contributed by atoms with Gasteiger partial charge in [0.2, 0.25) is 0 Å². The van der Waals surface area contributed by atoms with Crippen molar-refractivity contribution in [3.63, 3.8) is 0 Å². The maximum atomic E-state index is 12.4. The molecule has 1 heterocycles. The number of hydrogen-bond donors (Lipinski definition) is 1. The normalized spacial score (nSPS) is 21.3. The van der Waals surface area contributed by atoms with Crippen molar-refractivity contribution >= 4 is 17.5 Å².